The van der Waals surface area contributed by atoms with E-state index in [1.807, 2.05) is 0 Å². The van der Waals surface area contributed by atoms with Gasteiger partial charge in [0, 0.05) is 14.0 Å². The highest BCUT2D eigenvalue weighted by Gasteiger charge is 1.98. The van der Waals surface area contributed by atoms with Crippen molar-refractivity contribution in [2.45, 2.75) is 20.1 Å². The van der Waals surface area contributed by atoms with E-state index < -0.39 is 11.8 Å². The van der Waals surface area contributed by atoms with Gasteiger partial charge in [-0.15, -0.1) is 0 Å². The summed E-state index contributed by atoms with van der Waals surface area (Å²) < 4.78 is 4.53. The first kappa shape index (κ1) is 12.7. The summed E-state index contributed by atoms with van der Waals surface area (Å²) in [5.74, 6) is -2.20. The highest BCUT2D eigenvalue weighted by atomic mass is 16.5. The Hall–Kier alpha value is -0.940. The Bertz CT molecular complexity index is 121. The molecule has 1 atom stereocenters. The van der Waals surface area contributed by atoms with E-state index in [-0.39, 0.29) is 6.23 Å². The number of aliphatic carboxylic acids is 1. The van der Waals surface area contributed by atoms with Crippen LogP contribution in [0.1, 0.15) is 13.8 Å². The molecule has 0 heterocycles. The molecule has 0 aliphatic rings. The van der Waals surface area contributed by atoms with Gasteiger partial charge < -0.3 is 15.6 Å². The van der Waals surface area contributed by atoms with Crippen LogP contribution < -0.4 is 5.73 Å². The summed E-state index contributed by atoms with van der Waals surface area (Å²) in [5.41, 5.74) is 5.07. The average Bonchev–Trinajstić information content (AvgIpc) is 1.89. The van der Waals surface area contributed by atoms with Gasteiger partial charge in [0.1, 0.15) is 6.23 Å². The second-order valence-corrected chi connectivity index (χ2v) is 1.80. The number of carboxylic acids is 1. The molecule has 0 rings (SSSR count). The van der Waals surface area contributed by atoms with Crippen molar-refractivity contribution >= 4 is 11.8 Å². The van der Waals surface area contributed by atoms with Crippen LogP contribution in [0.2, 0.25) is 0 Å². The fourth-order valence-electron chi connectivity index (χ4n) is 0. The summed E-state index contributed by atoms with van der Waals surface area (Å²) in [7, 11) is 1.57. The molecule has 3 N–H and O–H groups in total. The van der Waals surface area contributed by atoms with Gasteiger partial charge >= 0.3 is 5.97 Å². The Balaban J connectivity index is 0. The summed E-state index contributed by atoms with van der Waals surface area (Å²) in [5, 5.41) is 7.64. The maximum Gasteiger partial charge on any atom is 0.371 e. The minimum Gasteiger partial charge on any atom is -0.476 e. The molecule has 0 aromatic carbocycles. The lowest BCUT2D eigenvalue weighted by molar-refractivity contribution is -0.148. The van der Waals surface area contributed by atoms with Crippen LogP contribution >= 0.6 is 0 Å². The standard InChI is InChI=1S/C3H9NO.C3H4O3/c1-3(4)5-2;1-2(4)3(5)6/h3H,4H2,1-2H3;1H3,(H,5,6). The van der Waals surface area contributed by atoms with Crippen molar-refractivity contribution in [2.24, 2.45) is 5.73 Å². The lowest BCUT2D eigenvalue weighted by Crippen LogP contribution is -2.15. The molecule has 0 aromatic rings. The molecule has 0 spiro atoms. The quantitative estimate of drug-likeness (QED) is 0.427. The number of methoxy groups -OCH3 is 1. The van der Waals surface area contributed by atoms with Crippen LogP contribution in [0.5, 0.6) is 0 Å². The maximum absolute atomic E-state index is 9.54. The molecule has 0 aromatic heterocycles. The second-order valence-electron chi connectivity index (χ2n) is 1.80. The first-order chi connectivity index (χ1) is 4.91. The van der Waals surface area contributed by atoms with Gasteiger partial charge in [-0.05, 0) is 6.92 Å². The number of carboxylic acid groups (broad SMARTS) is 1. The van der Waals surface area contributed by atoms with Gasteiger partial charge in [-0.2, -0.15) is 0 Å². The van der Waals surface area contributed by atoms with Crippen LogP contribution in [0, 0.1) is 0 Å². The molecular weight excluding hydrogens is 150 g/mol. The Morgan fingerprint density at radius 1 is 1.55 bits per heavy atom. The molecule has 11 heavy (non-hydrogen) atoms. The SMILES string of the molecule is CC(=O)C(=O)O.COC(C)N. The van der Waals surface area contributed by atoms with Crippen LogP contribution in [-0.2, 0) is 14.3 Å². The molecule has 0 radical (unpaired) electrons. The van der Waals surface area contributed by atoms with Gasteiger partial charge in [0.2, 0.25) is 5.78 Å². The van der Waals surface area contributed by atoms with E-state index in [0.717, 1.165) is 6.92 Å². The highest BCUT2D eigenvalue weighted by molar-refractivity contribution is 6.31. The molecule has 0 amide bonds. The summed E-state index contributed by atoms with van der Waals surface area (Å²) in [6.45, 7) is 2.78. The Morgan fingerprint density at radius 2 is 1.73 bits per heavy atom. The second kappa shape index (κ2) is 7.17. The zero-order valence-electron chi connectivity index (χ0n) is 6.83. The van der Waals surface area contributed by atoms with Crippen molar-refractivity contribution in [3.8, 4) is 0 Å². The van der Waals surface area contributed by atoms with Crippen LogP contribution in [0.3, 0.4) is 0 Å². The van der Waals surface area contributed by atoms with Crippen molar-refractivity contribution in [1.29, 1.82) is 0 Å². The number of hydrogen-bond acceptors (Lipinski definition) is 4. The van der Waals surface area contributed by atoms with Crippen molar-refractivity contribution in [3.05, 3.63) is 0 Å². The predicted molar refractivity (Wildman–Crippen MR) is 39.0 cm³/mol. The van der Waals surface area contributed by atoms with Gasteiger partial charge in [-0.25, -0.2) is 4.79 Å². The average molecular weight is 163 g/mol. The number of ether oxygens (including phenoxy) is 1. The van der Waals surface area contributed by atoms with Gasteiger partial charge in [0.15, 0.2) is 0 Å². The molecule has 0 bridgehead atoms. The van der Waals surface area contributed by atoms with Gasteiger partial charge in [-0.1, -0.05) is 0 Å². The van der Waals surface area contributed by atoms with Gasteiger partial charge in [0.05, 0.1) is 0 Å². The van der Waals surface area contributed by atoms with E-state index in [1.165, 1.54) is 0 Å². The number of nitrogens with two attached hydrogens (primary N) is 1. The van der Waals surface area contributed by atoms with E-state index in [2.05, 4.69) is 4.74 Å². The Labute approximate surface area is 65.1 Å². The highest BCUT2D eigenvalue weighted by Crippen LogP contribution is 1.66. The summed E-state index contributed by atoms with van der Waals surface area (Å²) in [6, 6.07) is 0. The third-order valence-electron chi connectivity index (χ3n) is 0.673. The summed E-state index contributed by atoms with van der Waals surface area (Å²) in [6.07, 6.45) is -0.116. The molecule has 1 unspecified atom stereocenters. The zero-order chi connectivity index (χ0) is 9.44. The minimum atomic E-state index is -1.38. The fourth-order valence-corrected chi connectivity index (χ4v) is 0. The molecule has 0 fully saturated rings. The lowest BCUT2D eigenvalue weighted by Gasteiger charge is -1.95. The number of rotatable bonds is 2. The minimum absolute atomic E-state index is 0.116. The van der Waals surface area contributed by atoms with Gasteiger partial charge in [-0.3, -0.25) is 4.79 Å². The van der Waals surface area contributed by atoms with Gasteiger partial charge in [0.25, 0.3) is 0 Å². The summed E-state index contributed by atoms with van der Waals surface area (Å²) >= 11 is 0. The number of carbonyl (C=O) groups excluding carboxylic acids is 1. The third kappa shape index (κ3) is 17.6. The molecule has 0 saturated heterocycles. The van der Waals surface area contributed by atoms with Crippen molar-refractivity contribution in [2.75, 3.05) is 7.11 Å². The molecule has 0 saturated carbocycles. The van der Waals surface area contributed by atoms with E-state index in [0.29, 0.717) is 0 Å². The molecule has 5 nitrogen and oxygen atoms in total. The van der Waals surface area contributed by atoms with Crippen molar-refractivity contribution in [1.82, 2.24) is 0 Å². The van der Waals surface area contributed by atoms with Crippen LogP contribution in [-0.4, -0.2) is 30.2 Å². The first-order valence-electron chi connectivity index (χ1n) is 2.94. The fraction of sp³-hybridized carbons (Fsp3) is 0.667. The number of carbonyl (C=O) groups is 2. The largest absolute Gasteiger partial charge is 0.476 e. The normalized spacial score (nSPS) is 10.9. The predicted octanol–water partition coefficient (Wildman–Crippen LogP) is -0.402. The third-order valence-corrected chi connectivity index (χ3v) is 0.673. The van der Waals surface area contributed by atoms with Crippen LogP contribution in [0.25, 0.3) is 0 Å². The zero-order valence-corrected chi connectivity index (χ0v) is 6.83. The maximum atomic E-state index is 9.54. The topological polar surface area (TPSA) is 89.6 Å². The van der Waals surface area contributed by atoms with Crippen molar-refractivity contribution in [3.63, 3.8) is 0 Å². The Morgan fingerprint density at radius 3 is 1.73 bits per heavy atom. The number of ketones is 1. The monoisotopic (exact) mass is 163 g/mol. The van der Waals surface area contributed by atoms with E-state index in [1.54, 1.807) is 14.0 Å². The van der Waals surface area contributed by atoms with Crippen molar-refractivity contribution < 1.29 is 19.4 Å². The lowest BCUT2D eigenvalue weighted by atomic mass is 10.5. The number of Topliss-reactive ketones (excluding diaryl/α,β-unsaturated/α-hetero) is 1. The molecule has 66 valence electrons. The first-order valence-corrected chi connectivity index (χ1v) is 2.94. The van der Waals surface area contributed by atoms with E-state index >= 15 is 0 Å². The van der Waals surface area contributed by atoms with Crippen LogP contribution in [0.4, 0.5) is 0 Å². The summed E-state index contributed by atoms with van der Waals surface area (Å²) in [4.78, 5) is 18.9. The molecule has 0 aliphatic carbocycles. The molecular formula is C6H13NO4. The van der Waals surface area contributed by atoms with E-state index in [9.17, 15) is 9.59 Å². The number of hydrogen-bond donors (Lipinski definition) is 2. The smallest absolute Gasteiger partial charge is 0.371 e. The van der Waals surface area contributed by atoms with Crippen LogP contribution in [0.15, 0.2) is 0 Å². The van der Waals surface area contributed by atoms with E-state index in [4.69, 9.17) is 10.8 Å². The molecule has 0 aliphatic heterocycles. The Kier molecular flexibility index (Phi) is 8.29. The molecule has 5 heteroatoms.